The highest BCUT2D eigenvalue weighted by atomic mass is 79.9. The molecule has 82 valence electrons. The van der Waals surface area contributed by atoms with E-state index in [-0.39, 0.29) is 5.69 Å². The zero-order valence-corrected chi connectivity index (χ0v) is 10.9. The molecule has 2 rings (SSSR count). The fourth-order valence-electron chi connectivity index (χ4n) is 0.971. The summed E-state index contributed by atoms with van der Waals surface area (Å²) < 4.78 is 1.51. The van der Waals surface area contributed by atoms with E-state index in [4.69, 9.17) is 0 Å². The van der Waals surface area contributed by atoms with Crippen LogP contribution in [0.4, 0.5) is 5.69 Å². The average Bonchev–Trinajstić information content (AvgIpc) is 2.65. The number of benzene rings is 1. The van der Waals surface area contributed by atoms with Crippen LogP contribution < -0.4 is 0 Å². The van der Waals surface area contributed by atoms with E-state index in [1.165, 1.54) is 35.2 Å². The molecule has 0 unspecified atom stereocenters. The third kappa shape index (κ3) is 2.77. The summed E-state index contributed by atoms with van der Waals surface area (Å²) in [4.78, 5) is 10.9. The second kappa shape index (κ2) is 4.89. The van der Waals surface area contributed by atoms with Crippen molar-refractivity contribution in [3.8, 4) is 0 Å². The van der Waals surface area contributed by atoms with Gasteiger partial charge in [-0.3, -0.25) is 10.1 Å². The highest BCUT2D eigenvalue weighted by molar-refractivity contribution is 9.11. The second-order valence-corrected chi connectivity index (χ2v) is 6.25. The SMILES string of the molecule is O=[N+]([O-])c1ccc(Sc2nnc(Br)s2)cc1. The van der Waals surface area contributed by atoms with E-state index in [1.54, 1.807) is 12.1 Å². The minimum Gasteiger partial charge on any atom is -0.258 e. The predicted molar refractivity (Wildman–Crippen MR) is 64.8 cm³/mol. The molecule has 0 aliphatic rings. The fraction of sp³-hybridized carbons (Fsp3) is 0. The van der Waals surface area contributed by atoms with E-state index >= 15 is 0 Å². The topological polar surface area (TPSA) is 68.9 Å². The first-order valence-electron chi connectivity index (χ1n) is 4.06. The Morgan fingerprint density at radius 1 is 1.31 bits per heavy atom. The van der Waals surface area contributed by atoms with Crippen LogP contribution in [0.5, 0.6) is 0 Å². The Kier molecular flexibility index (Phi) is 3.52. The summed E-state index contributed by atoms with van der Waals surface area (Å²) in [6, 6.07) is 6.33. The largest absolute Gasteiger partial charge is 0.269 e. The lowest BCUT2D eigenvalue weighted by atomic mass is 10.3. The van der Waals surface area contributed by atoms with Crippen molar-refractivity contribution in [1.82, 2.24) is 10.2 Å². The van der Waals surface area contributed by atoms with Crippen molar-refractivity contribution >= 4 is 44.7 Å². The number of hydrogen-bond donors (Lipinski definition) is 0. The molecule has 2 aromatic rings. The molecule has 1 aromatic heterocycles. The van der Waals surface area contributed by atoms with Gasteiger partial charge in [0.2, 0.25) is 0 Å². The summed E-state index contributed by atoms with van der Waals surface area (Å²) in [6.07, 6.45) is 0. The maximum Gasteiger partial charge on any atom is 0.269 e. The molecule has 0 N–H and O–H groups in total. The molecule has 0 aliphatic heterocycles. The standard InChI is InChI=1S/C8H4BrN3O2S2/c9-7-10-11-8(16-7)15-6-3-1-5(2-4-6)12(13)14/h1-4H. The number of rotatable bonds is 3. The molecule has 0 radical (unpaired) electrons. The van der Waals surface area contributed by atoms with E-state index in [0.717, 1.165) is 13.2 Å². The van der Waals surface area contributed by atoms with E-state index < -0.39 is 4.92 Å². The predicted octanol–water partition coefficient (Wildman–Crippen LogP) is 3.36. The zero-order valence-electron chi connectivity index (χ0n) is 7.66. The van der Waals surface area contributed by atoms with Crippen LogP contribution in [-0.4, -0.2) is 15.1 Å². The lowest BCUT2D eigenvalue weighted by Crippen LogP contribution is -1.86. The first kappa shape index (κ1) is 11.5. The Bertz CT molecular complexity index is 514. The maximum absolute atomic E-state index is 10.4. The lowest BCUT2D eigenvalue weighted by molar-refractivity contribution is -0.384. The van der Waals surface area contributed by atoms with Crippen LogP contribution in [0.2, 0.25) is 0 Å². The molecule has 0 spiro atoms. The monoisotopic (exact) mass is 317 g/mol. The Morgan fingerprint density at radius 2 is 2.00 bits per heavy atom. The summed E-state index contributed by atoms with van der Waals surface area (Å²) in [5.41, 5.74) is 0.0859. The van der Waals surface area contributed by atoms with Crippen LogP contribution in [0.25, 0.3) is 0 Å². The number of halogens is 1. The highest BCUT2D eigenvalue weighted by Crippen LogP contribution is 2.32. The van der Waals surface area contributed by atoms with E-state index in [9.17, 15) is 10.1 Å². The van der Waals surface area contributed by atoms with Gasteiger partial charge < -0.3 is 0 Å². The summed E-state index contributed by atoms with van der Waals surface area (Å²) in [5, 5.41) is 18.2. The Hall–Kier alpha value is -0.990. The molecule has 0 fully saturated rings. The fourth-order valence-corrected chi connectivity index (χ4v) is 3.39. The van der Waals surface area contributed by atoms with Crippen LogP contribution in [0.1, 0.15) is 0 Å². The molecule has 8 heteroatoms. The quantitative estimate of drug-likeness (QED) is 0.641. The number of non-ortho nitro benzene ring substituents is 1. The molecule has 0 amide bonds. The van der Waals surface area contributed by atoms with Gasteiger partial charge in [0, 0.05) is 17.0 Å². The second-order valence-electron chi connectivity index (χ2n) is 2.67. The lowest BCUT2D eigenvalue weighted by Gasteiger charge is -1.95. The van der Waals surface area contributed by atoms with Crippen LogP contribution >= 0.6 is 39.0 Å². The van der Waals surface area contributed by atoms with E-state index in [2.05, 4.69) is 26.1 Å². The summed E-state index contributed by atoms with van der Waals surface area (Å²) in [7, 11) is 0. The van der Waals surface area contributed by atoms with Crippen LogP contribution in [0.3, 0.4) is 0 Å². The van der Waals surface area contributed by atoms with Crippen LogP contribution in [0, 0.1) is 10.1 Å². The number of nitro benzene ring substituents is 1. The molecule has 0 atom stereocenters. The van der Waals surface area contributed by atoms with E-state index in [1.807, 2.05) is 0 Å². The van der Waals surface area contributed by atoms with Gasteiger partial charge in [0.15, 0.2) is 8.26 Å². The van der Waals surface area contributed by atoms with Crippen LogP contribution in [0.15, 0.2) is 37.4 Å². The molecule has 0 saturated heterocycles. The average molecular weight is 318 g/mol. The first-order chi connectivity index (χ1) is 7.65. The van der Waals surface area contributed by atoms with Crippen molar-refractivity contribution in [2.24, 2.45) is 0 Å². The molecule has 1 heterocycles. The molecule has 16 heavy (non-hydrogen) atoms. The molecular formula is C8H4BrN3O2S2. The van der Waals surface area contributed by atoms with E-state index in [0.29, 0.717) is 0 Å². The van der Waals surface area contributed by atoms with Gasteiger partial charge in [-0.1, -0.05) is 23.1 Å². The summed E-state index contributed by atoms with van der Waals surface area (Å²) in [5.74, 6) is 0. The molecule has 0 bridgehead atoms. The Balaban J connectivity index is 2.14. The third-order valence-corrected chi connectivity index (χ3v) is 4.05. The Morgan fingerprint density at radius 3 is 2.50 bits per heavy atom. The van der Waals surface area contributed by atoms with Gasteiger partial charge in [-0.25, -0.2) is 0 Å². The van der Waals surface area contributed by atoms with Gasteiger partial charge in [-0.05, 0) is 28.1 Å². The van der Waals surface area contributed by atoms with Crippen molar-refractivity contribution in [3.05, 3.63) is 38.3 Å². The number of nitro groups is 1. The van der Waals surface area contributed by atoms with Gasteiger partial charge in [0.1, 0.15) is 0 Å². The molecule has 0 saturated carbocycles. The molecule has 1 aromatic carbocycles. The highest BCUT2D eigenvalue weighted by Gasteiger charge is 2.07. The van der Waals surface area contributed by atoms with Crippen molar-refractivity contribution in [2.45, 2.75) is 9.24 Å². The van der Waals surface area contributed by atoms with Gasteiger partial charge in [-0.15, -0.1) is 10.2 Å². The summed E-state index contributed by atoms with van der Waals surface area (Å²) >= 11 is 6.06. The minimum absolute atomic E-state index is 0.0859. The van der Waals surface area contributed by atoms with Crippen molar-refractivity contribution in [2.75, 3.05) is 0 Å². The van der Waals surface area contributed by atoms with Crippen molar-refractivity contribution < 1.29 is 4.92 Å². The molecule has 5 nitrogen and oxygen atoms in total. The Labute approximate surface area is 107 Å². The van der Waals surface area contributed by atoms with Gasteiger partial charge in [0.05, 0.1) is 4.92 Å². The number of aromatic nitrogens is 2. The maximum atomic E-state index is 10.4. The smallest absolute Gasteiger partial charge is 0.258 e. The van der Waals surface area contributed by atoms with Crippen molar-refractivity contribution in [1.29, 1.82) is 0 Å². The minimum atomic E-state index is -0.421. The number of hydrogen-bond acceptors (Lipinski definition) is 6. The first-order valence-corrected chi connectivity index (χ1v) is 6.49. The van der Waals surface area contributed by atoms with Gasteiger partial charge in [0.25, 0.3) is 5.69 Å². The normalized spacial score (nSPS) is 10.3. The van der Waals surface area contributed by atoms with Gasteiger partial charge in [-0.2, -0.15) is 0 Å². The molecular weight excluding hydrogens is 314 g/mol. The van der Waals surface area contributed by atoms with Gasteiger partial charge >= 0.3 is 0 Å². The zero-order chi connectivity index (χ0) is 11.5. The van der Waals surface area contributed by atoms with Crippen molar-refractivity contribution in [3.63, 3.8) is 0 Å². The van der Waals surface area contributed by atoms with Crippen LogP contribution in [-0.2, 0) is 0 Å². The third-order valence-electron chi connectivity index (χ3n) is 1.63. The number of nitrogens with zero attached hydrogens (tertiary/aromatic N) is 3. The summed E-state index contributed by atoms with van der Waals surface area (Å²) in [6.45, 7) is 0. The molecule has 0 aliphatic carbocycles.